The molecule has 3 aliphatic rings. The number of aliphatic hydroxyl groups is 2. The lowest BCUT2D eigenvalue weighted by Crippen LogP contribution is -2.51. The zero-order valence-corrected chi connectivity index (χ0v) is 24.3. The zero-order chi connectivity index (χ0) is 29.9. The van der Waals surface area contributed by atoms with Crippen molar-refractivity contribution < 1.29 is 23.8 Å². The molecule has 3 fully saturated rings. The molecule has 232 valence electrons. The zero-order valence-electron chi connectivity index (χ0n) is 24.3. The lowest BCUT2D eigenvalue weighted by Gasteiger charge is -2.38. The molecule has 4 N–H and O–H groups in total. The van der Waals surface area contributed by atoms with Crippen LogP contribution in [0.1, 0.15) is 57.4 Å². The summed E-state index contributed by atoms with van der Waals surface area (Å²) < 4.78 is 30.2. The molecule has 0 bridgehead atoms. The fourth-order valence-electron chi connectivity index (χ4n) is 6.68. The Morgan fingerprint density at radius 3 is 2.42 bits per heavy atom. The summed E-state index contributed by atoms with van der Waals surface area (Å²) in [5.41, 5.74) is 1.26. The molecule has 0 radical (unpaired) electrons. The van der Waals surface area contributed by atoms with Crippen LogP contribution < -0.4 is 10.6 Å². The summed E-state index contributed by atoms with van der Waals surface area (Å²) in [6.45, 7) is 3.65. The van der Waals surface area contributed by atoms with Crippen molar-refractivity contribution in [2.75, 3.05) is 50.0 Å². The highest BCUT2D eigenvalue weighted by Gasteiger charge is 2.33. The van der Waals surface area contributed by atoms with Gasteiger partial charge in [-0.1, -0.05) is 0 Å². The first-order chi connectivity index (χ1) is 20.9. The average molecular weight is 599 g/mol. The van der Waals surface area contributed by atoms with Crippen LogP contribution in [-0.2, 0) is 4.79 Å². The molecular weight excluding hydrogens is 558 g/mol. The molecule has 2 saturated carbocycles. The van der Waals surface area contributed by atoms with E-state index >= 15 is 0 Å². The van der Waals surface area contributed by atoms with E-state index in [2.05, 4.69) is 20.5 Å². The highest BCUT2D eigenvalue weighted by atomic mass is 19.1. The Balaban J connectivity index is 1.22. The number of amides is 1. The Hall–Kier alpha value is -3.42. The summed E-state index contributed by atoms with van der Waals surface area (Å²) in [6, 6.07) is 3.50. The lowest BCUT2D eigenvalue weighted by molar-refractivity contribution is -0.138. The fourth-order valence-corrected chi connectivity index (χ4v) is 6.68. The number of aromatic nitrogens is 4. The summed E-state index contributed by atoms with van der Waals surface area (Å²) in [5, 5.41) is 25.5. The van der Waals surface area contributed by atoms with E-state index in [9.17, 15) is 23.8 Å². The van der Waals surface area contributed by atoms with Gasteiger partial charge in [-0.2, -0.15) is 4.98 Å². The number of halogens is 2. The number of hydrogen-bond acceptors (Lipinski definition) is 9. The third-order valence-corrected chi connectivity index (χ3v) is 9.15. The van der Waals surface area contributed by atoms with Gasteiger partial charge in [0.1, 0.15) is 17.2 Å². The maximum Gasteiger partial charge on any atom is 0.225 e. The number of nitrogens with zero attached hydrogens (tertiary/aromatic N) is 6. The van der Waals surface area contributed by atoms with Crippen LogP contribution in [0.3, 0.4) is 0 Å². The smallest absolute Gasteiger partial charge is 0.225 e. The molecule has 2 aromatic heterocycles. The molecule has 11 nitrogen and oxygen atoms in total. The number of imidazole rings is 1. The van der Waals surface area contributed by atoms with Crippen LogP contribution in [0, 0.1) is 17.6 Å². The summed E-state index contributed by atoms with van der Waals surface area (Å²) >= 11 is 0. The molecule has 2 aliphatic carbocycles. The molecular formula is C30H40F2N8O3. The first kappa shape index (κ1) is 29.6. The van der Waals surface area contributed by atoms with Gasteiger partial charge < -0.3 is 25.7 Å². The minimum atomic E-state index is -0.722. The number of nitrogens with one attached hydrogen (secondary N) is 2. The van der Waals surface area contributed by atoms with Gasteiger partial charge in [-0.15, -0.1) is 0 Å². The number of β-amino-alcohol motifs (C(OH)–C–C–N with tert-alkyl or cyclic N) is 1. The van der Waals surface area contributed by atoms with E-state index in [1.165, 1.54) is 12.1 Å². The first-order valence-corrected chi connectivity index (χ1v) is 15.4. The second kappa shape index (κ2) is 13.1. The molecule has 13 heteroatoms. The Morgan fingerprint density at radius 1 is 0.977 bits per heavy atom. The van der Waals surface area contributed by atoms with Gasteiger partial charge in [0.25, 0.3) is 0 Å². The molecule has 0 atom stereocenters. The number of hydrogen-bond donors (Lipinski definition) is 4. The second-order valence-corrected chi connectivity index (χ2v) is 12.0. The van der Waals surface area contributed by atoms with E-state index in [-0.39, 0.29) is 42.3 Å². The van der Waals surface area contributed by atoms with Crippen LogP contribution in [0.5, 0.6) is 0 Å². The fraction of sp³-hybridized carbons (Fsp3) is 0.600. The monoisotopic (exact) mass is 598 g/mol. The molecule has 1 amide bonds. The summed E-state index contributed by atoms with van der Waals surface area (Å²) in [7, 11) is 0. The van der Waals surface area contributed by atoms with Gasteiger partial charge in [0.05, 0.1) is 24.6 Å². The quantitative estimate of drug-likeness (QED) is 0.308. The van der Waals surface area contributed by atoms with E-state index in [4.69, 9.17) is 9.97 Å². The van der Waals surface area contributed by atoms with E-state index in [0.717, 1.165) is 57.7 Å². The first-order valence-electron chi connectivity index (χ1n) is 15.4. The van der Waals surface area contributed by atoms with Gasteiger partial charge in [0.15, 0.2) is 5.65 Å². The lowest BCUT2D eigenvalue weighted by atomic mass is 9.85. The minimum Gasteiger partial charge on any atom is -0.395 e. The molecule has 0 unspecified atom stereocenters. The number of aliphatic hydroxyl groups excluding tert-OH is 2. The topological polar surface area (TPSA) is 132 Å². The van der Waals surface area contributed by atoms with Crippen molar-refractivity contribution in [1.82, 2.24) is 29.3 Å². The Kier molecular flexibility index (Phi) is 9.01. The van der Waals surface area contributed by atoms with Crippen LogP contribution in [0.4, 0.5) is 26.4 Å². The normalized spacial score (nSPS) is 25.2. The van der Waals surface area contributed by atoms with Crippen molar-refractivity contribution in [1.29, 1.82) is 0 Å². The average Bonchev–Trinajstić information content (AvgIpc) is 3.37. The number of fused-ring (bicyclic) bond motifs is 1. The van der Waals surface area contributed by atoms with Crippen molar-refractivity contribution in [3.63, 3.8) is 0 Å². The van der Waals surface area contributed by atoms with Crippen molar-refractivity contribution >= 4 is 34.7 Å². The van der Waals surface area contributed by atoms with Gasteiger partial charge in [-0.25, -0.2) is 18.7 Å². The standard InChI is InChI=1S/C30H40F2N8O3/c31-20-3-10-25(24(32)17-20)35-30-36-26-18-33-29(34-21-4-8-23(42)9-5-21)37-27(26)40(30)22-6-1-19(2-7-22)28(43)39-13-11-38(12-14-39)15-16-41/h3,10,17-19,21-23,41-42H,1-2,4-9,11-16H2,(H,35,36)(H,33,34,37)/t19-,21-,22+,23-. The highest BCUT2D eigenvalue weighted by Crippen LogP contribution is 2.38. The molecule has 1 aliphatic heterocycles. The van der Waals surface area contributed by atoms with Gasteiger partial charge in [0.2, 0.25) is 17.8 Å². The van der Waals surface area contributed by atoms with Gasteiger partial charge in [-0.05, 0) is 63.5 Å². The van der Waals surface area contributed by atoms with Crippen molar-refractivity contribution in [2.24, 2.45) is 5.92 Å². The highest BCUT2D eigenvalue weighted by molar-refractivity contribution is 5.79. The molecule has 3 heterocycles. The van der Waals surface area contributed by atoms with Crippen LogP contribution in [-0.4, -0.2) is 96.9 Å². The Labute approximate surface area is 249 Å². The van der Waals surface area contributed by atoms with Gasteiger partial charge in [0, 0.05) is 56.8 Å². The van der Waals surface area contributed by atoms with Crippen molar-refractivity contribution in [3.05, 3.63) is 36.0 Å². The van der Waals surface area contributed by atoms with Crippen molar-refractivity contribution in [2.45, 2.75) is 69.6 Å². The molecule has 43 heavy (non-hydrogen) atoms. The van der Waals surface area contributed by atoms with Gasteiger partial charge >= 0.3 is 0 Å². The Morgan fingerprint density at radius 2 is 1.72 bits per heavy atom. The molecule has 6 rings (SSSR count). The van der Waals surface area contributed by atoms with Gasteiger partial charge in [-0.3, -0.25) is 14.3 Å². The van der Waals surface area contributed by atoms with Crippen LogP contribution in [0.15, 0.2) is 24.4 Å². The SMILES string of the molecule is O=C([C@H]1CC[C@@H](n2c(Nc3ccc(F)cc3F)nc3cnc(N[C@H]4CC[C@H](O)CC4)nc32)CC1)N1CCN(CCO)CC1. The van der Waals surface area contributed by atoms with Crippen molar-refractivity contribution in [3.8, 4) is 0 Å². The summed E-state index contributed by atoms with van der Waals surface area (Å²) in [6.07, 6.45) is 7.37. The summed E-state index contributed by atoms with van der Waals surface area (Å²) in [4.78, 5) is 31.5. The number of carbonyl (C=O) groups excluding carboxylic acids is 1. The number of anilines is 3. The largest absolute Gasteiger partial charge is 0.395 e. The van der Waals surface area contributed by atoms with E-state index in [1.807, 2.05) is 9.47 Å². The second-order valence-electron chi connectivity index (χ2n) is 12.0. The third kappa shape index (κ3) is 6.73. The Bertz CT molecular complexity index is 1410. The van der Waals surface area contributed by atoms with Crippen LogP contribution >= 0.6 is 0 Å². The number of carbonyl (C=O) groups is 1. The number of piperazine rings is 1. The minimum absolute atomic E-state index is 0.0333. The van der Waals surface area contributed by atoms with Crippen LogP contribution in [0.25, 0.3) is 11.2 Å². The third-order valence-electron chi connectivity index (χ3n) is 9.15. The summed E-state index contributed by atoms with van der Waals surface area (Å²) in [5.74, 6) is -0.391. The molecule has 0 spiro atoms. The molecule has 1 saturated heterocycles. The van der Waals surface area contributed by atoms with E-state index < -0.39 is 11.6 Å². The molecule has 1 aromatic carbocycles. The van der Waals surface area contributed by atoms with E-state index in [1.54, 1.807) is 6.20 Å². The maximum absolute atomic E-state index is 14.6. The predicted molar refractivity (Wildman–Crippen MR) is 158 cm³/mol. The predicted octanol–water partition coefficient (Wildman–Crippen LogP) is 3.43. The van der Waals surface area contributed by atoms with Crippen LogP contribution in [0.2, 0.25) is 0 Å². The number of rotatable bonds is 8. The molecule has 3 aromatic rings. The number of benzene rings is 1. The van der Waals surface area contributed by atoms with E-state index in [0.29, 0.717) is 55.5 Å². The maximum atomic E-state index is 14.6.